The first kappa shape index (κ1) is 7.60. The second-order valence-electron chi connectivity index (χ2n) is 2.03. The fourth-order valence-corrected chi connectivity index (χ4v) is 1.46. The Labute approximate surface area is 61.9 Å². The lowest BCUT2D eigenvalue weighted by Crippen LogP contribution is -1.91. The van der Waals surface area contributed by atoms with Crippen molar-refractivity contribution in [1.82, 2.24) is 0 Å². The topological polar surface area (TPSA) is 40.5 Å². The van der Waals surface area contributed by atoms with Crippen molar-refractivity contribution in [2.24, 2.45) is 0 Å². The van der Waals surface area contributed by atoms with Gasteiger partial charge in [-0.1, -0.05) is 6.08 Å². The van der Waals surface area contributed by atoms with E-state index in [1.165, 1.54) is 10.8 Å². The number of hydrogen-bond donors (Lipinski definition) is 2. The minimum Gasteiger partial charge on any atom is -0.291 e. The molecular weight excluding hydrogens is 148 g/mol. The Morgan fingerprint density at radius 2 is 1.80 bits per heavy atom. The molecule has 2 nitrogen and oxygen atoms in total. The number of rotatable bonds is 0. The Morgan fingerprint density at radius 1 is 1.30 bits per heavy atom. The maximum Gasteiger partial charge on any atom is 0.0274 e. The summed E-state index contributed by atoms with van der Waals surface area (Å²) in [5, 5.41) is 2.84. The van der Waals surface area contributed by atoms with E-state index in [1.54, 1.807) is 12.2 Å². The summed E-state index contributed by atoms with van der Waals surface area (Å²) in [4.78, 5) is 0. The van der Waals surface area contributed by atoms with Gasteiger partial charge in [-0.3, -0.25) is 9.11 Å². The molecule has 0 aromatic carbocycles. The van der Waals surface area contributed by atoms with Crippen molar-refractivity contribution in [3.05, 3.63) is 34.6 Å². The molecule has 56 valence electrons. The van der Waals surface area contributed by atoms with Crippen LogP contribution in [0.5, 0.6) is 0 Å². The van der Waals surface area contributed by atoms with E-state index in [9.17, 15) is 0 Å². The van der Waals surface area contributed by atoms with E-state index in [-0.39, 0.29) is 0 Å². The highest BCUT2D eigenvalue weighted by atomic mass is 32.3. The second-order valence-corrected chi connectivity index (χ2v) is 3.86. The Hall–Kier alpha value is -0.510. The molecule has 0 fully saturated rings. The summed E-state index contributed by atoms with van der Waals surface area (Å²) in [6.07, 6.45) is 5.31. The molecule has 0 aromatic heterocycles. The zero-order chi connectivity index (χ0) is 7.61. The SMILES string of the molecule is CC=C1C=CS(O)(O)C=C1. The lowest BCUT2D eigenvalue weighted by atomic mass is 10.2. The lowest BCUT2D eigenvalue weighted by Gasteiger charge is -2.25. The van der Waals surface area contributed by atoms with Crippen LogP contribution >= 0.6 is 10.6 Å². The summed E-state index contributed by atoms with van der Waals surface area (Å²) >= 11 is 0. The quantitative estimate of drug-likeness (QED) is 0.569. The summed E-state index contributed by atoms with van der Waals surface area (Å²) in [7, 11) is -2.53. The summed E-state index contributed by atoms with van der Waals surface area (Å²) < 4.78 is 18.1. The van der Waals surface area contributed by atoms with E-state index in [1.807, 2.05) is 13.0 Å². The van der Waals surface area contributed by atoms with E-state index < -0.39 is 10.6 Å². The average molecular weight is 158 g/mol. The van der Waals surface area contributed by atoms with Gasteiger partial charge in [0.1, 0.15) is 0 Å². The van der Waals surface area contributed by atoms with E-state index in [0.29, 0.717) is 0 Å². The Balaban J connectivity index is 2.81. The van der Waals surface area contributed by atoms with Gasteiger partial charge in [0, 0.05) is 10.8 Å². The van der Waals surface area contributed by atoms with Crippen LogP contribution in [0, 0.1) is 0 Å². The largest absolute Gasteiger partial charge is 0.291 e. The van der Waals surface area contributed by atoms with Crippen LogP contribution in [0.3, 0.4) is 0 Å². The molecule has 0 unspecified atom stereocenters. The summed E-state index contributed by atoms with van der Waals surface area (Å²) in [5.41, 5.74) is 1.01. The second kappa shape index (κ2) is 2.62. The highest BCUT2D eigenvalue weighted by Crippen LogP contribution is 2.44. The van der Waals surface area contributed by atoms with E-state index in [4.69, 9.17) is 9.11 Å². The molecule has 1 heterocycles. The molecule has 0 aromatic rings. The van der Waals surface area contributed by atoms with Gasteiger partial charge in [-0.25, -0.2) is 0 Å². The van der Waals surface area contributed by atoms with Gasteiger partial charge < -0.3 is 0 Å². The molecule has 3 heteroatoms. The molecule has 0 saturated heterocycles. The molecule has 1 rings (SSSR count). The van der Waals surface area contributed by atoms with E-state index in [2.05, 4.69) is 0 Å². The van der Waals surface area contributed by atoms with Gasteiger partial charge in [-0.2, -0.15) is 10.6 Å². The standard InChI is InChI=1S/C7H10O2S/c1-2-7-3-5-10(8,9)6-4-7/h2-6,8-9H,1H3. The number of allylic oxidation sites excluding steroid dienone is 4. The van der Waals surface area contributed by atoms with E-state index in [0.717, 1.165) is 5.57 Å². The van der Waals surface area contributed by atoms with E-state index >= 15 is 0 Å². The third-order valence-electron chi connectivity index (χ3n) is 1.25. The zero-order valence-corrected chi connectivity index (χ0v) is 6.51. The van der Waals surface area contributed by atoms with Gasteiger partial charge in [0.25, 0.3) is 0 Å². The molecule has 0 atom stereocenters. The van der Waals surface area contributed by atoms with Crippen LogP contribution in [-0.4, -0.2) is 9.11 Å². The van der Waals surface area contributed by atoms with Crippen molar-refractivity contribution >= 4 is 10.6 Å². The maximum absolute atomic E-state index is 9.03. The molecule has 10 heavy (non-hydrogen) atoms. The van der Waals surface area contributed by atoms with Crippen LogP contribution in [0.4, 0.5) is 0 Å². The van der Waals surface area contributed by atoms with Gasteiger partial charge in [0.05, 0.1) is 0 Å². The lowest BCUT2D eigenvalue weighted by molar-refractivity contribution is 0.511. The fraction of sp³-hybridized carbons (Fsp3) is 0.143. The van der Waals surface area contributed by atoms with Crippen molar-refractivity contribution in [2.75, 3.05) is 0 Å². The molecule has 0 spiro atoms. The highest BCUT2D eigenvalue weighted by Gasteiger charge is 2.05. The van der Waals surface area contributed by atoms with Crippen LogP contribution in [0.2, 0.25) is 0 Å². The average Bonchev–Trinajstić information content (AvgIpc) is 1.88. The van der Waals surface area contributed by atoms with Crippen molar-refractivity contribution in [1.29, 1.82) is 0 Å². The molecule has 0 radical (unpaired) electrons. The van der Waals surface area contributed by atoms with Crippen molar-refractivity contribution in [3.8, 4) is 0 Å². The Morgan fingerprint density at radius 3 is 2.20 bits per heavy atom. The first-order chi connectivity index (χ1) is 4.64. The Kier molecular flexibility index (Phi) is 1.99. The van der Waals surface area contributed by atoms with Crippen LogP contribution < -0.4 is 0 Å². The predicted octanol–water partition coefficient (Wildman–Crippen LogP) is 2.72. The monoisotopic (exact) mass is 158 g/mol. The van der Waals surface area contributed by atoms with Crippen LogP contribution in [0.25, 0.3) is 0 Å². The third-order valence-corrected chi connectivity index (χ3v) is 2.33. The van der Waals surface area contributed by atoms with Gasteiger partial charge in [-0.05, 0) is 24.6 Å². The minimum absolute atomic E-state index is 1.01. The van der Waals surface area contributed by atoms with Crippen molar-refractivity contribution in [2.45, 2.75) is 6.92 Å². The molecule has 1 aliphatic rings. The highest BCUT2D eigenvalue weighted by molar-refractivity contribution is 8.29. The molecule has 1 aliphatic heterocycles. The van der Waals surface area contributed by atoms with Crippen LogP contribution in [0.1, 0.15) is 6.92 Å². The first-order valence-corrected chi connectivity index (χ1v) is 4.62. The van der Waals surface area contributed by atoms with Crippen LogP contribution in [0.15, 0.2) is 34.6 Å². The van der Waals surface area contributed by atoms with Gasteiger partial charge >= 0.3 is 0 Å². The fourth-order valence-electron chi connectivity index (χ4n) is 0.651. The number of hydrogen-bond acceptors (Lipinski definition) is 2. The molecule has 0 aliphatic carbocycles. The van der Waals surface area contributed by atoms with Crippen LogP contribution in [-0.2, 0) is 0 Å². The van der Waals surface area contributed by atoms with Gasteiger partial charge in [-0.15, -0.1) is 0 Å². The van der Waals surface area contributed by atoms with Gasteiger partial charge in [0.2, 0.25) is 0 Å². The summed E-state index contributed by atoms with van der Waals surface area (Å²) in [6, 6.07) is 0. The third kappa shape index (κ3) is 1.73. The molecule has 0 saturated carbocycles. The first-order valence-electron chi connectivity index (χ1n) is 2.95. The molecule has 0 amide bonds. The van der Waals surface area contributed by atoms with Crippen molar-refractivity contribution < 1.29 is 9.11 Å². The predicted molar refractivity (Wildman–Crippen MR) is 44.9 cm³/mol. The summed E-state index contributed by atoms with van der Waals surface area (Å²) in [5.74, 6) is 0. The zero-order valence-electron chi connectivity index (χ0n) is 5.69. The van der Waals surface area contributed by atoms with Crippen molar-refractivity contribution in [3.63, 3.8) is 0 Å². The smallest absolute Gasteiger partial charge is 0.0274 e. The van der Waals surface area contributed by atoms with Gasteiger partial charge in [0.15, 0.2) is 0 Å². The summed E-state index contributed by atoms with van der Waals surface area (Å²) in [6.45, 7) is 1.90. The minimum atomic E-state index is -2.53. The molecule has 2 N–H and O–H groups in total. The molecule has 0 bridgehead atoms. The molecular formula is C7H10O2S. The Bertz CT molecular complexity index is 196. The maximum atomic E-state index is 9.03. The normalized spacial score (nSPS) is 24.5.